The van der Waals surface area contributed by atoms with Gasteiger partial charge in [-0.2, -0.15) is 0 Å². The van der Waals surface area contributed by atoms with Gasteiger partial charge in [-0.05, 0) is 35.9 Å². The van der Waals surface area contributed by atoms with Crippen molar-refractivity contribution in [2.45, 2.75) is 13.0 Å². The van der Waals surface area contributed by atoms with Crippen molar-refractivity contribution in [3.05, 3.63) is 89.3 Å². The standard InChI is InChI=1S/C27H29N3O/c1-29-13-15-30(16-14-29)19-20-7-9-21(10-8-20)22-17-25-23(11-12-26(25)28-18-22)24-5-3-4-6-27(24)31-2/h3-11,17-18H,12-16,19H2,1-2H3. The van der Waals surface area contributed by atoms with E-state index in [1.807, 2.05) is 18.3 Å². The normalized spacial score (nSPS) is 16.8. The van der Waals surface area contributed by atoms with Gasteiger partial charge in [-0.15, -0.1) is 0 Å². The van der Waals surface area contributed by atoms with Gasteiger partial charge in [0.05, 0.1) is 12.8 Å². The van der Waals surface area contributed by atoms with E-state index < -0.39 is 0 Å². The molecule has 2 heterocycles. The summed E-state index contributed by atoms with van der Waals surface area (Å²) in [4.78, 5) is 9.72. The molecule has 31 heavy (non-hydrogen) atoms. The molecule has 0 unspecified atom stereocenters. The molecule has 0 atom stereocenters. The number of nitrogens with zero attached hydrogens (tertiary/aromatic N) is 3. The Morgan fingerprint density at radius 3 is 2.45 bits per heavy atom. The van der Waals surface area contributed by atoms with E-state index in [9.17, 15) is 0 Å². The van der Waals surface area contributed by atoms with E-state index in [4.69, 9.17) is 9.72 Å². The van der Waals surface area contributed by atoms with Crippen LogP contribution in [-0.2, 0) is 13.0 Å². The lowest BCUT2D eigenvalue weighted by atomic mass is 9.97. The van der Waals surface area contributed by atoms with E-state index in [0.29, 0.717) is 0 Å². The van der Waals surface area contributed by atoms with E-state index in [0.717, 1.165) is 61.7 Å². The summed E-state index contributed by atoms with van der Waals surface area (Å²) in [7, 11) is 3.93. The predicted molar refractivity (Wildman–Crippen MR) is 126 cm³/mol. The van der Waals surface area contributed by atoms with Crippen molar-refractivity contribution in [3.8, 4) is 16.9 Å². The summed E-state index contributed by atoms with van der Waals surface area (Å²) in [5.74, 6) is 0.903. The van der Waals surface area contributed by atoms with Gasteiger partial charge in [-0.25, -0.2) is 0 Å². The van der Waals surface area contributed by atoms with Crippen LogP contribution in [0, 0.1) is 0 Å². The third-order valence-corrected chi connectivity index (χ3v) is 6.45. The van der Waals surface area contributed by atoms with E-state index in [-0.39, 0.29) is 0 Å². The number of aromatic nitrogens is 1. The zero-order chi connectivity index (χ0) is 21.2. The van der Waals surface area contributed by atoms with Crippen LogP contribution in [0.3, 0.4) is 0 Å². The van der Waals surface area contributed by atoms with Gasteiger partial charge in [0.25, 0.3) is 0 Å². The molecule has 0 N–H and O–H groups in total. The fourth-order valence-electron chi connectivity index (χ4n) is 4.54. The number of para-hydroxylation sites is 1. The number of hydrogen-bond acceptors (Lipinski definition) is 4. The predicted octanol–water partition coefficient (Wildman–Crippen LogP) is 4.49. The monoisotopic (exact) mass is 411 g/mol. The first-order valence-corrected chi connectivity index (χ1v) is 11.0. The SMILES string of the molecule is COc1ccccc1C1=CCc2ncc(-c3ccc(CN4CCN(C)CC4)cc3)cc21. The number of pyridine rings is 1. The van der Waals surface area contributed by atoms with Crippen LogP contribution in [0.5, 0.6) is 5.75 Å². The number of hydrogen-bond donors (Lipinski definition) is 0. The molecule has 0 bridgehead atoms. The second-order valence-electron chi connectivity index (χ2n) is 8.52. The lowest BCUT2D eigenvalue weighted by Gasteiger charge is -2.32. The maximum absolute atomic E-state index is 5.60. The Morgan fingerprint density at radius 1 is 0.903 bits per heavy atom. The Hall–Kier alpha value is -2.95. The first-order chi connectivity index (χ1) is 15.2. The fourth-order valence-corrected chi connectivity index (χ4v) is 4.54. The number of methoxy groups -OCH3 is 1. The van der Waals surface area contributed by atoms with E-state index in [2.05, 4.69) is 65.4 Å². The average molecular weight is 412 g/mol. The first kappa shape index (κ1) is 20.0. The summed E-state index contributed by atoms with van der Waals surface area (Å²) in [6, 6.07) is 19.5. The van der Waals surface area contributed by atoms with Gasteiger partial charge >= 0.3 is 0 Å². The number of rotatable bonds is 5. The Morgan fingerprint density at radius 2 is 1.68 bits per heavy atom. The number of piperazine rings is 1. The highest BCUT2D eigenvalue weighted by Crippen LogP contribution is 2.38. The molecular weight excluding hydrogens is 382 g/mol. The average Bonchev–Trinajstić information content (AvgIpc) is 3.24. The van der Waals surface area contributed by atoms with Crippen LogP contribution in [0.25, 0.3) is 16.7 Å². The smallest absolute Gasteiger partial charge is 0.126 e. The molecule has 4 nitrogen and oxygen atoms in total. The highest BCUT2D eigenvalue weighted by molar-refractivity contribution is 5.88. The maximum atomic E-state index is 5.60. The summed E-state index contributed by atoms with van der Waals surface area (Å²) in [5.41, 5.74) is 8.44. The zero-order valence-corrected chi connectivity index (χ0v) is 18.3. The summed E-state index contributed by atoms with van der Waals surface area (Å²) in [6.07, 6.45) is 5.14. The number of fused-ring (bicyclic) bond motifs is 1. The Bertz CT molecular complexity index is 1100. The summed E-state index contributed by atoms with van der Waals surface area (Å²) < 4.78 is 5.60. The number of allylic oxidation sites excluding steroid dienone is 1. The van der Waals surface area contributed by atoms with Crippen molar-refractivity contribution in [2.75, 3.05) is 40.3 Å². The van der Waals surface area contributed by atoms with Crippen molar-refractivity contribution in [3.63, 3.8) is 0 Å². The molecule has 1 fully saturated rings. The summed E-state index contributed by atoms with van der Waals surface area (Å²) in [5, 5.41) is 0. The minimum atomic E-state index is 0.868. The van der Waals surface area contributed by atoms with Gasteiger partial charge in [0.1, 0.15) is 5.75 Å². The van der Waals surface area contributed by atoms with Crippen LogP contribution in [-0.4, -0.2) is 55.1 Å². The van der Waals surface area contributed by atoms with E-state index in [1.54, 1.807) is 7.11 Å². The second kappa shape index (κ2) is 8.66. The van der Waals surface area contributed by atoms with Crippen molar-refractivity contribution in [1.29, 1.82) is 0 Å². The van der Waals surface area contributed by atoms with Gasteiger partial charge in [0, 0.05) is 62.0 Å². The fraction of sp³-hybridized carbons (Fsp3) is 0.296. The molecule has 4 heteroatoms. The van der Waals surface area contributed by atoms with E-state index >= 15 is 0 Å². The van der Waals surface area contributed by atoms with Gasteiger partial charge in [0.15, 0.2) is 0 Å². The molecule has 1 saturated heterocycles. The topological polar surface area (TPSA) is 28.6 Å². The van der Waals surface area contributed by atoms with Crippen LogP contribution in [0.1, 0.15) is 22.4 Å². The van der Waals surface area contributed by atoms with Crippen LogP contribution in [0.15, 0.2) is 66.9 Å². The zero-order valence-electron chi connectivity index (χ0n) is 18.3. The number of ether oxygens (including phenoxy) is 1. The van der Waals surface area contributed by atoms with Crippen molar-refractivity contribution in [1.82, 2.24) is 14.8 Å². The minimum absolute atomic E-state index is 0.868. The molecule has 158 valence electrons. The highest BCUT2D eigenvalue weighted by Gasteiger charge is 2.20. The second-order valence-corrected chi connectivity index (χ2v) is 8.52. The molecular formula is C27H29N3O. The van der Waals surface area contributed by atoms with Crippen molar-refractivity contribution >= 4 is 5.57 Å². The Labute approximate surface area is 184 Å². The Kier molecular flexibility index (Phi) is 5.58. The molecule has 2 aliphatic rings. The molecule has 2 aromatic carbocycles. The highest BCUT2D eigenvalue weighted by atomic mass is 16.5. The van der Waals surface area contributed by atoms with Gasteiger partial charge in [0.2, 0.25) is 0 Å². The van der Waals surface area contributed by atoms with Crippen molar-refractivity contribution in [2.24, 2.45) is 0 Å². The molecule has 0 spiro atoms. The molecule has 0 radical (unpaired) electrons. The number of likely N-dealkylation sites (N-methyl/N-ethyl adjacent to an activating group) is 1. The summed E-state index contributed by atoms with van der Waals surface area (Å²) in [6.45, 7) is 5.62. The van der Waals surface area contributed by atoms with Gasteiger partial charge < -0.3 is 9.64 Å². The molecule has 1 aliphatic heterocycles. The van der Waals surface area contributed by atoms with Gasteiger partial charge in [-0.3, -0.25) is 9.88 Å². The molecule has 5 rings (SSSR count). The third-order valence-electron chi connectivity index (χ3n) is 6.45. The third kappa shape index (κ3) is 4.14. The molecule has 1 aliphatic carbocycles. The van der Waals surface area contributed by atoms with Crippen LogP contribution >= 0.6 is 0 Å². The van der Waals surface area contributed by atoms with Crippen LogP contribution in [0.2, 0.25) is 0 Å². The summed E-state index contributed by atoms with van der Waals surface area (Å²) >= 11 is 0. The number of benzene rings is 2. The molecule has 0 saturated carbocycles. The first-order valence-electron chi connectivity index (χ1n) is 11.0. The minimum Gasteiger partial charge on any atom is -0.496 e. The van der Waals surface area contributed by atoms with Gasteiger partial charge in [-0.1, -0.05) is 48.5 Å². The van der Waals surface area contributed by atoms with Crippen LogP contribution in [0.4, 0.5) is 0 Å². The van der Waals surface area contributed by atoms with Crippen LogP contribution < -0.4 is 4.74 Å². The van der Waals surface area contributed by atoms with E-state index in [1.165, 1.54) is 22.3 Å². The van der Waals surface area contributed by atoms with Crippen molar-refractivity contribution < 1.29 is 4.74 Å². The molecule has 1 aromatic heterocycles. The molecule has 0 amide bonds. The Balaban J connectivity index is 1.37. The largest absolute Gasteiger partial charge is 0.496 e. The quantitative estimate of drug-likeness (QED) is 0.618. The lowest BCUT2D eigenvalue weighted by molar-refractivity contribution is 0.148. The maximum Gasteiger partial charge on any atom is 0.126 e. The molecule has 3 aromatic rings. The lowest BCUT2D eigenvalue weighted by Crippen LogP contribution is -2.43.